The summed E-state index contributed by atoms with van der Waals surface area (Å²) in [5.41, 5.74) is 7.41. The largest absolute Gasteiger partial charge is 0.412 e. The van der Waals surface area contributed by atoms with Crippen molar-refractivity contribution in [3.8, 4) is 34.5 Å². The van der Waals surface area contributed by atoms with E-state index in [1.807, 2.05) is 13.8 Å². The zero-order chi connectivity index (χ0) is 26.6. The first-order valence-corrected chi connectivity index (χ1v) is 13.7. The van der Waals surface area contributed by atoms with Gasteiger partial charge in [-0.1, -0.05) is 30.3 Å². The van der Waals surface area contributed by atoms with Gasteiger partial charge in [0, 0.05) is 111 Å². The van der Waals surface area contributed by atoms with E-state index in [1.54, 1.807) is 19.4 Å². The molecule has 0 saturated carbocycles. The molecule has 0 unspecified atom stereocenters. The van der Waals surface area contributed by atoms with Crippen LogP contribution >= 0.6 is 0 Å². The van der Waals surface area contributed by atoms with Crippen LogP contribution in [0.3, 0.4) is 0 Å². The topological polar surface area (TPSA) is 590 Å². The molecule has 5 aromatic rings. The summed E-state index contributed by atoms with van der Waals surface area (Å²) in [6.45, 7) is 9.37. The summed E-state index contributed by atoms with van der Waals surface area (Å²) < 4.78 is 16.7. The minimum Gasteiger partial charge on any atom is -0.412 e. The minimum atomic E-state index is 0. The van der Waals surface area contributed by atoms with E-state index < -0.39 is 0 Å². The van der Waals surface area contributed by atoms with Crippen LogP contribution in [0, 0.1) is 25.7 Å². The SMILES string of the molecule is CCOc1ccc2ccccc2c1-c1c(OCC)ccc2cc(C#Cc3cc(C)c([N+]#[Mo])c(C)c3)ccc12.O.O.O.O.O.O.O.O.O.O.O.O.O.O.O.O.O.O.[Mo].[Mo].[Mo].[Mo].[Mo]. The molecule has 361 valence electrons. The normalized spacial score (nSPS) is 6.61. The third kappa shape index (κ3) is 28.4. The zero-order valence-corrected chi connectivity index (χ0v) is 45.2. The summed E-state index contributed by atoms with van der Waals surface area (Å²) in [5, 5.41) is 4.53. The summed E-state index contributed by atoms with van der Waals surface area (Å²) in [4.78, 5) is 0. The summed E-state index contributed by atoms with van der Waals surface area (Å²) in [5.74, 6) is 8.43. The Balaban J connectivity index is -0.0000000451. The van der Waals surface area contributed by atoms with Gasteiger partial charge in [-0.2, -0.15) is 0 Å². The van der Waals surface area contributed by atoms with Gasteiger partial charge in [0.2, 0.25) is 0 Å². The number of hydrogen-bond acceptors (Lipinski definition) is 2. The molecule has 0 spiro atoms. The van der Waals surface area contributed by atoms with Crippen molar-refractivity contribution in [3.63, 3.8) is 0 Å². The quantitative estimate of drug-likeness (QED) is 0.123. The molecule has 36 N–H and O–H groups in total. The van der Waals surface area contributed by atoms with Crippen LogP contribution in [0.15, 0.2) is 78.9 Å². The number of fused-ring (bicyclic) bond motifs is 2. The summed E-state index contributed by atoms with van der Waals surface area (Å²) in [6.07, 6.45) is 0. The van der Waals surface area contributed by atoms with E-state index in [2.05, 4.69) is 108 Å². The van der Waals surface area contributed by atoms with Gasteiger partial charge in [-0.05, 0) is 30.7 Å². The van der Waals surface area contributed by atoms with Gasteiger partial charge in [-0.3, -0.25) is 0 Å². The molecule has 0 fully saturated rings. The van der Waals surface area contributed by atoms with Crippen LogP contribution in [0.1, 0.15) is 36.1 Å². The molecule has 0 aliphatic heterocycles. The number of ether oxygens (including phenoxy) is 2. The Morgan fingerprint density at radius 3 is 1.20 bits per heavy atom. The molecule has 61 heavy (non-hydrogen) atoms. The van der Waals surface area contributed by atoms with Gasteiger partial charge >= 0.3 is 135 Å². The standard InChI is InChI=1S/C34H29NO2.6Mo.18H2O/c1-5-36-30-17-14-26-9-7-8-10-28(26)32(30)33-29-16-13-24(21-27(29)15-18-31(33)37-6-2)11-12-25-19-22(3)34(35)23(4)20-25;;;;;;;;;;;;;;;;;;;;;;;;/h7-10,13-21H,5-6H2,1-4H3;;;;;;;18*1H2/q+1;;;;;;;;;;;;;;;;;;;;;;;;. The summed E-state index contributed by atoms with van der Waals surface area (Å²) in [6, 6.07) is 27.4. The van der Waals surface area contributed by atoms with Gasteiger partial charge in [0.15, 0.2) is 0 Å². The third-order valence-corrected chi connectivity index (χ3v) is 7.10. The van der Waals surface area contributed by atoms with E-state index in [1.165, 1.54) is 5.39 Å². The fourth-order valence-corrected chi connectivity index (χ4v) is 5.73. The van der Waals surface area contributed by atoms with Crippen LogP contribution in [0.5, 0.6) is 11.5 Å². The fraction of sp³-hybridized carbons (Fsp3) is 0.176. The number of benzene rings is 5. The van der Waals surface area contributed by atoms with E-state index in [-0.39, 0.29) is 204 Å². The van der Waals surface area contributed by atoms with Crippen LogP contribution in [0.4, 0.5) is 5.69 Å². The second-order valence-electron chi connectivity index (χ2n) is 9.20. The molecule has 0 saturated heterocycles. The molecular formula is C34H65Mo6NO20+. The van der Waals surface area contributed by atoms with Gasteiger partial charge in [-0.15, -0.1) is 0 Å². The summed E-state index contributed by atoms with van der Waals surface area (Å²) >= 11 is 1.76. The maximum absolute atomic E-state index is 6.17. The molecule has 5 rings (SSSR count). The van der Waals surface area contributed by atoms with E-state index in [0.29, 0.717) is 13.2 Å². The second kappa shape index (κ2) is 58.9. The molecule has 0 amide bonds. The van der Waals surface area contributed by atoms with Crippen molar-refractivity contribution < 1.29 is 233 Å². The number of nitrogens with zero attached hydrogens (tertiary/aromatic N) is 1. The monoisotopic (exact) mass is 1390 g/mol. The summed E-state index contributed by atoms with van der Waals surface area (Å²) in [7, 11) is 0. The van der Waals surface area contributed by atoms with Crippen molar-refractivity contribution in [3.05, 3.63) is 104 Å². The Morgan fingerprint density at radius 1 is 0.443 bits per heavy atom. The van der Waals surface area contributed by atoms with Crippen molar-refractivity contribution in [1.82, 2.24) is 0 Å². The minimum absolute atomic E-state index is 0. The number of aryl methyl sites for hydroxylation is 2. The van der Waals surface area contributed by atoms with Crippen LogP contribution in [-0.4, -0.2) is 112 Å². The molecule has 5 aromatic carbocycles. The van der Waals surface area contributed by atoms with Gasteiger partial charge in [0.25, 0.3) is 0 Å². The molecule has 0 aliphatic carbocycles. The molecule has 0 bridgehead atoms. The molecule has 0 atom stereocenters. The Morgan fingerprint density at radius 2 is 0.803 bits per heavy atom. The van der Waals surface area contributed by atoms with Gasteiger partial charge in [0.1, 0.15) is 11.5 Å². The zero-order valence-electron chi connectivity index (χ0n) is 33.1. The Labute approximate surface area is 435 Å². The first-order chi connectivity index (χ1) is 18.5. The second-order valence-corrected chi connectivity index (χ2v) is 9.65. The maximum atomic E-state index is 6.17. The molecule has 0 aromatic heterocycles. The third-order valence-electron chi connectivity index (χ3n) is 6.66. The van der Waals surface area contributed by atoms with E-state index in [9.17, 15) is 0 Å². The van der Waals surface area contributed by atoms with Crippen molar-refractivity contribution in [2.75, 3.05) is 13.2 Å². The Kier molecular flexibility index (Phi) is 120. The predicted molar refractivity (Wildman–Crippen MR) is 219 cm³/mol. The van der Waals surface area contributed by atoms with Crippen LogP contribution < -0.4 is 9.47 Å². The van der Waals surface area contributed by atoms with E-state index >= 15 is 0 Å². The molecule has 21 nitrogen and oxygen atoms in total. The smallest absolute Gasteiger partial charge is 0 e. The maximum Gasteiger partial charge on any atom is 0 e. The molecule has 0 radical (unpaired) electrons. The number of hydrogen-bond donors (Lipinski definition) is 0. The van der Waals surface area contributed by atoms with Crippen LogP contribution in [0.25, 0.3) is 36.0 Å². The van der Waals surface area contributed by atoms with E-state index in [0.717, 1.165) is 66.7 Å². The van der Waals surface area contributed by atoms with Crippen molar-refractivity contribution >= 4 is 27.2 Å². The average Bonchev–Trinajstić information content (AvgIpc) is 2.92. The van der Waals surface area contributed by atoms with E-state index in [4.69, 9.17) is 9.47 Å². The predicted octanol–water partition coefficient (Wildman–Crippen LogP) is -5.92. The molecule has 0 heterocycles. The van der Waals surface area contributed by atoms with Gasteiger partial charge in [0.05, 0.1) is 13.2 Å². The van der Waals surface area contributed by atoms with Crippen LogP contribution in [0.2, 0.25) is 0 Å². The molecule has 0 aliphatic rings. The van der Waals surface area contributed by atoms with Crippen molar-refractivity contribution in [2.24, 2.45) is 0 Å². The first kappa shape index (κ1) is 124. The average molecular weight is 1380 g/mol. The van der Waals surface area contributed by atoms with Crippen molar-refractivity contribution in [1.29, 1.82) is 0 Å². The first-order valence-electron chi connectivity index (χ1n) is 12.8. The molecular weight excluding hydrogens is 1320 g/mol. The van der Waals surface area contributed by atoms with Gasteiger partial charge in [-0.25, -0.2) is 0 Å². The Bertz CT molecular complexity index is 1830. The van der Waals surface area contributed by atoms with Gasteiger partial charge < -0.3 is 108 Å². The molecule has 27 heteroatoms. The fourth-order valence-electron chi connectivity index (χ4n) is 5.02. The van der Waals surface area contributed by atoms with Crippen molar-refractivity contribution in [2.45, 2.75) is 27.7 Å². The number of rotatable bonds is 5. The Hall–Kier alpha value is -1.10. The van der Waals surface area contributed by atoms with Crippen LogP contribution in [-0.2, 0) is 125 Å².